The number of carbonyl (C=O) groups excluding carboxylic acids is 1. The second-order valence-electron chi connectivity index (χ2n) is 13.5. The summed E-state index contributed by atoms with van der Waals surface area (Å²) >= 11 is 18.6. The van der Waals surface area contributed by atoms with E-state index in [1.165, 1.54) is 56.7 Å². The minimum atomic E-state index is -1.00. The molecule has 65 heavy (non-hydrogen) atoms. The maximum Gasteiger partial charge on any atom is 1.00 e. The van der Waals surface area contributed by atoms with Crippen LogP contribution in [-0.2, 0) is 22.2 Å². The molecule has 6 rings (SSSR count). The van der Waals surface area contributed by atoms with Crippen molar-refractivity contribution in [2.45, 2.75) is 77.7 Å². The van der Waals surface area contributed by atoms with E-state index < -0.39 is 30.4 Å². The second-order valence-corrected chi connectivity index (χ2v) is 17.2. The third kappa shape index (κ3) is 22.0. The number of phenols is 1. The molecule has 21 heteroatoms. The fraction of sp³-hybridized carbons (Fsp3) is 0.432. The number of halogens is 10. The van der Waals surface area contributed by atoms with Gasteiger partial charge in [-0.3, -0.25) is 9.18 Å². The molecule has 2 aliphatic carbocycles. The number of ether oxygens (including phenoxy) is 5. The SMILES string of the molecule is CCOc1ccc(Br)c(O)c1F.CCOc1ccc(Br)c(OCc2c(Br)ccc(OCC3CCCC3)c2F)c1F.Fc1c(OCC2CCCC2)ccc(Br)c1CCl.O=CO[O-].[2H]CF.[H-].[K+].[K+]. The average Bonchev–Trinajstić information content (AvgIpc) is 4.02. The minimum absolute atomic E-state index is 0. The van der Waals surface area contributed by atoms with E-state index in [0.29, 0.717) is 67.5 Å². The van der Waals surface area contributed by atoms with Crippen LogP contribution in [0.4, 0.5) is 22.0 Å². The Morgan fingerprint density at radius 1 is 0.677 bits per heavy atom. The van der Waals surface area contributed by atoms with Gasteiger partial charge in [0.25, 0.3) is 6.47 Å². The number of alkyl halides is 2. The molecule has 352 valence electrons. The van der Waals surface area contributed by atoms with Gasteiger partial charge >= 0.3 is 103 Å². The van der Waals surface area contributed by atoms with Crippen LogP contribution in [0.3, 0.4) is 0 Å². The molecule has 0 amide bonds. The van der Waals surface area contributed by atoms with Gasteiger partial charge in [0.15, 0.2) is 46.1 Å². The first kappa shape index (κ1) is 63.3. The molecule has 0 heterocycles. The summed E-state index contributed by atoms with van der Waals surface area (Å²) in [5, 5.41) is 17.5. The van der Waals surface area contributed by atoms with Gasteiger partial charge in [-0.2, -0.15) is 8.78 Å². The van der Waals surface area contributed by atoms with Crippen molar-refractivity contribution in [2.24, 2.45) is 11.8 Å². The first-order valence-corrected chi connectivity index (χ1v) is 23.3. The Morgan fingerprint density at radius 3 is 1.46 bits per heavy atom. The van der Waals surface area contributed by atoms with Crippen molar-refractivity contribution in [3.8, 4) is 34.5 Å². The summed E-state index contributed by atoms with van der Waals surface area (Å²) in [4.78, 5) is 11.2. The standard InChI is InChI=1S/C21H22Br2F2O3.C13H15BrClFO.C8H8BrFO2.CH3F.CH2O3.2K.H/c1-2-26-18-10-8-16(23)21(20(18)25)28-12-14-15(22)7-9-17(19(14)24)27-11-13-5-3-4-6-13;14-11-5-6-12(13(16)10(11)7-15)17-8-9-3-1-2-4-9;1-2-12-6-4-3-5(9)8(11)7(6)10;1-2;2-1-4-3;;;/h7-10,13H,2-6,11-12H2,1H3;5-6,9H,1-4,7-8H2;3-4,11H,2H2,1H3;1H3;1,3H;;;/q;;;;;2*+1;-1/p-1/i;;;1D;;;;. The van der Waals surface area contributed by atoms with Gasteiger partial charge in [-0.15, -0.1) is 11.6 Å². The molecule has 2 fully saturated rings. The molecule has 2 aliphatic rings. The van der Waals surface area contributed by atoms with E-state index in [1.54, 1.807) is 44.2 Å². The van der Waals surface area contributed by atoms with Crippen molar-refractivity contribution in [3.63, 3.8) is 0 Å². The topological polar surface area (TPSA) is 116 Å². The van der Waals surface area contributed by atoms with Crippen molar-refractivity contribution < 1.29 is 171 Å². The summed E-state index contributed by atoms with van der Waals surface area (Å²) in [6.45, 7) is 5.01. The molecule has 4 aromatic carbocycles. The summed E-state index contributed by atoms with van der Waals surface area (Å²) in [5.41, 5.74) is 0.743. The molecular formula is C44H50Br4ClF5K2O9. The van der Waals surface area contributed by atoms with Crippen LogP contribution >= 0.6 is 75.3 Å². The Bertz CT molecular complexity index is 2030. The van der Waals surface area contributed by atoms with Gasteiger partial charge in [0.05, 0.1) is 49.8 Å². The van der Waals surface area contributed by atoms with Gasteiger partial charge in [0.2, 0.25) is 11.6 Å². The number of phenolic OH excluding ortho intramolecular Hbond substituents is 1. The molecule has 0 saturated heterocycles. The Morgan fingerprint density at radius 2 is 1.05 bits per heavy atom. The average molecular weight is 1250 g/mol. The van der Waals surface area contributed by atoms with E-state index in [1.807, 2.05) is 0 Å². The van der Waals surface area contributed by atoms with Crippen molar-refractivity contribution in [1.82, 2.24) is 0 Å². The zero-order chi connectivity index (χ0) is 47.6. The normalized spacial score (nSPS) is 12.9. The number of hydrogen-bond donors (Lipinski definition) is 1. The van der Waals surface area contributed by atoms with E-state index in [4.69, 9.17) is 51.8 Å². The number of benzene rings is 4. The molecule has 0 atom stereocenters. The van der Waals surface area contributed by atoms with Crippen molar-refractivity contribution in [1.29, 1.82) is 0 Å². The first-order valence-electron chi connectivity index (χ1n) is 20.3. The maximum atomic E-state index is 14.9. The summed E-state index contributed by atoms with van der Waals surface area (Å²) in [7, 11) is -1.00. The van der Waals surface area contributed by atoms with Crippen LogP contribution in [0.15, 0.2) is 66.4 Å². The molecule has 0 spiro atoms. The summed E-state index contributed by atoms with van der Waals surface area (Å²) < 4.78 is 101. The Kier molecular flexibility index (Phi) is 36.1. The summed E-state index contributed by atoms with van der Waals surface area (Å²) in [6, 6.07) is 12.9. The van der Waals surface area contributed by atoms with Gasteiger partial charge in [-0.05, 0) is 132 Å². The number of rotatable bonds is 15. The number of carbonyl (C=O) groups is 1. The fourth-order valence-electron chi connectivity index (χ4n) is 6.25. The van der Waals surface area contributed by atoms with E-state index in [-0.39, 0.29) is 158 Å². The van der Waals surface area contributed by atoms with Gasteiger partial charge in [-0.25, -0.2) is 8.78 Å². The predicted octanol–water partition coefficient (Wildman–Crippen LogP) is 7.77. The third-order valence-electron chi connectivity index (χ3n) is 9.38. The van der Waals surface area contributed by atoms with E-state index in [0.717, 1.165) is 12.8 Å². The van der Waals surface area contributed by atoms with Crippen molar-refractivity contribution in [2.75, 3.05) is 33.6 Å². The zero-order valence-electron chi connectivity index (χ0n) is 38.5. The quantitative estimate of drug-likeness (QED) is 0.0319. The van der Waals surface area contributed by atoms with E-state index in [2.05, 4.69) is 68.6 Å². The molecule has 9 nitrogen and oxygen atoms in total. The van der Waals surface area contributed by atoms with Crippen molar-refractivity contribution >= 4 is 81.8 Å². The van der Waals surface area contributed by atoms with E-state index in [9.17, 15) is 22.0 Å². The molecule has 0 aliphatic heterocycles. The molecule has 0 bridgehead atoms. The van der Waals surface area contributed by atoms with Crippen LogP contribution in [0.5, 0.6) is 34.5 Å². The smallest absolute Gasteiger partial charge is 1.00 e. The van der Waals surface area contributed by atoms with Crippen LogP contribution in [0, 0.1) is 35.1 Å². The molecule has 0 unspecified atom stereocenters. The van der Waals surface area contributed by atoms with Crippen LogP contribution < -0.4 is 132 Å². The van der Waals surface area contributed by atoms with Gasteiger partial charge in [0.1, 0.15) is 6.61 Å². The van der Waals surface area contributed by atoms with Gasteiger partial charge in [0, 0.05) is 20.1 Å². The van der Waals surface area contributed by atoms with Gasteiger partial charge in [-0.1, -0.05) is 57.5 Å². The zero-order valence-corrected chi connectivity index (χ0v) is 49.8. The van der Waals surface area contributed by atoms with Crippen LogP contribution in [0.2, 0.25) is 0 Å². The largest absolute Gasteiger partial charge is 1.00 e. The van der Waals surface area contributed by atoms with Gasteiger partial charge < -0.3 is 40.4 Å². The Balaban J connectivity index is 0. The minimum Gasteiger partial charge on any atom is -1.00 e. The summed E-state index contributed by atoms with van der Waals surface area (Å²) in [6.07, 6.45) is 9.58. The van der Waals surface area contributed by atoms with Crippen molar-refractivity contribution in [3.05, 3.63) is 101 Å². The molecule has 2 saturated carbocycles. The Labute approximate surface area is 504 Å². The number of hydrogen-bond acceptors (Lipinski definition) is 9. The molecule has 0 aromatic heterocycles. The molecule has 4 aromatic rings. The molecule has 0 radical (unpaired) electrons. The predicted molar refractivity (Wildman–Crippen MR) is 244 cm³/mol. The van der Waals surface area contributed by atoms with E-state index >= 15 is 0 Å². The number of aromatic hydroxyl groups is 1. The molecular weight excluding hydrogens is 1200 g/mol. The fourth-order valence-corrected chi connectivity index (χ4v) is 8.26. The maximum absolute atomic E-state index is 14.9. The second kappa shape index (κ2) is 37.1. The first-order chi connectivity index (χ1) is 30.7. The summed E-state index contributed by atoms with van der Waals surface area (Å²) in [5.74, 6) is -0.751. The van der Waals surface area contributed by atoms with Crippen LogP contribution in [0.25, 0.3) is 0 Å². The third-order valence-corrected chi connectivity index (χ3v) is 12.4. The molecule has 1 N–H and O–H groups in total. The Hall–Kier alpha value is 0.243. The van der Waals surface area contributed by atoms with Crippen LogP contribution in [0.1, 0.15) is 79.1 Å². The monoisotopic (exact) mass is 1250 g/mol. The van der Waals surface area contributed by atoms with Crippen LogP contribution in [-0.4, -0.2) is 45.2 Å².